The lowest BCUT2D eigenvalue weighted by molar-refractivity contribution is -0.165. The third kappa shape index (κ3) is 2.30. The molecule has 1 saturated heterocycles. The number of nitriles is 1. The highest BCUT2D eigenvalue weighted by Crippen LogP contribution is 2.44. The number of esters is 2. The summed E-state index contributed by atoms with van der Waals surface area (Å²) in [7, 11) is 1.17. The molecule has 24 heavy (non-hydrogen) atoms. The highest BCUT2D eigenvalue weighted by Gasteiger charge is 2.64. The van der Waals surface area contributed by atoms with Crippen molar-refractivity contribution in [1.82, 2.24) is 0 Å². The second-order valence-corrected chi connectivity index (χ2v) is 6.05. The Kier molecular flexibility index (Phi) is 4.11. The molecule has 0 bridgehead atoms. The number of halogens is 2. The minimum Gasteiger partial charge on any atom is -0.466 e. The summed E-state index contributed by atoms with van der Waals surface area (Å²) in [5.74, 6) is -2.71. The van der Waals surface area contributed by atoms with Crippen molar-refractivity contribution in [1.29, 1.82) is 5.26 Å². The zero-order valence-electron chi connectivity index (χ0n) is 12.3. The van der Waals surface area contributed by atoms with E-state index in [-0.39, 0.29) is 22.2 Å². The van der Waals surface area contributed by atoms with Gasteiger partial charge in [0.25, 0.3) is 5.60 Å². The molecule has 1 aromatic carbocycles. The summed E-state index contributed by atoms with van der Waals surface area (Å²) < 4.78 is 9.57. The Balaban J connectivity index is 2.00. The van der Waals surface area contributed by atoms with E-state index in [2.05, 4.69) is 9.89 Å². The van der Waals surface area contributed by atoms with Crippen molar-refractivity contribution < 1.29 is 23.9 Å². The van der Waals surface area contributed by atoms with E-state index in [1.165, 1.54) is 7.11 Å². The first-order valence-electron chi connectivity index (χ1n) is 6.83. The van der Waals surface area contributed by atoms with Gasteiger partial charge in [-0.1, -0.05) is 34.4 Å². The molecule has 0 aliphatic carbocycles. The maximum Gasteiger partial charge on any atom is 0.356 e. The normalized spacial score (nSPS) is 28.1. The average Bonchev–Trinajstić information content (AvgIpc) is 3.08. The minimum atomic E-state index is -1.72. The van der Waals surface area contributed by atoms with Crippen LogP contribution in [0.2, 0.25) is 10.0 Å². The Morgan fingerprint density at radius 3 is 2.71 bits per heavy atom. The van der Waals surface area contributed by atoms with E-state index in [0.717, 1.165) is 0 Å². The predicted molar refractivity (Wildman–Crippen MR) is 82.4 cm³/mol. The van der Waals surface area contributed by atoms with Gasteiger partial charge in [-0.25, -0.2) is 9.59 Å². The number of methoxy groups -OCH3 is 1. The van der Waals surface area contributed by atoms with Crippen molar-refractivity contribution in [2.45, 2.75) is 18.1 Å². The van der Waals surface area contributed by atoms with Gasteiger partial charge in [0.2, 0.25) is 6.10 Å². The van der Waals surface area contributed by atoms with Gasteiger partial charge in [0, 0.05) is 5.56 Å². The summed E-state index contributed by atoms with van der Waals surface area (Å²) in [6, 6.07) is 6.78. The van der Waals surface area contributed by atoms with Gasteiger partial charge in [-0.2, -0.15) is 5.26 Å². The lowest BCUT2D eigenvalue weighted by Crippen LogP contribution is -2.43. The average molecular weight is 369 g/mol. The van der Waals surface area contributed by atoms with Crippen molar-refractivity contribution in [2.75, 3.05) is 7.11 Å². The van der Waals surface area contributed by atoms with E-state index in [1.807, 2.05) is 6.07 Å². The van der Waals surface area contributed by atoms with Crippen molar-refractivity contribution in [3.8, 4) is 6.07 Å². The van der Waals surface area contributed by atoms with E-state index in [0.29, 0.717) is 5.56 Å². The van der Waals surface area contributed by atoms with E-state index in [4.69, 9.17) is 32.8 Å². The summed E-state index contributed by atoms with van der Waals surface area (Å²) in [4.78, 5) is 29.2. The molecule has 0 N–H and O–H groups in total. The largest absolute Gasteiger partial charge is 0.466 e. The van der Waals surface area contributed by atoms with Crippen LogP contribution in [0.3, 0.4) is 0 Å². The van der Waals surface area contributed by atoms with Crippen LogP contribution >= 0.6 is 23.2 Å². The smallest absolute Gasteiger partial charge is 0.356 e. The van der Waals surface area contributed by atoms with Crippen LogP contribution in [0.15, 0.2) is 23.4 Å². The molecule has 0 radical (unpaired) electrons. The van der Waals surface area contributed by atoms with Gasteiger partial charge in [0.1, 0.15) is 11.6 Å². The number of oxime groups is 1. The van der Waals surface area contributed by atoms with Crippen LogP contribution in [0.5, 0.6) is 0 Å². The minimum absolute atomic E-state index is 0.121. The quantitative estimate of drug-likeness (QED) is 0.741. The molecule has 0 amide bonds. The van der Waals surface area contributed by atoms with Crippen LogP contribution < -0.4 is 0 Å². The summed E-state index contributed by atoms with van der Waals surface area (Å²) in [5.41, 5.74) is -1.29. The molecular formula is C15H10Cl2N2O5. The first kappa shape index (κ1) is 16.6. The van der Waals surface area contributed by atoms with Gasteiger partial charge >= 0.3 is 11.9 Å². The Bertz CT molecular complexity index is 783. The van der Waals surface area contributed by atoms with Gasteiger partial charge in [-0.15, -0.1) is 0 Å². The monoisotopic (exact) mass is 368 g/mol. The fraction of sp³-hybridized carbons (Fsp3) is 0.333. The maximum atomic E-state index is 12.3. The van der Waals surface area contributed by atoms with Crippen LogP contribution in [0, 0.1) is 17.2 Å². The summed E-state index contributed by atoms with van der Waals surface area (Å²) in [6.07, 6.45) is -1.35. The molecule has 7 nitrogen and oxygen atoms in total. The number of nitrogens with zero attached hydrogens (tertiary/aromatic N) is 2. The van der Waals surface area contributed by atoms with Crippen LogP contribution in [-0.2, 0) is 23.9 Å². The van der Waals surface area contributed by atoms with E-state index in [9.17, 15) is 14.9 Å². The molecule has 2 aliphatic heterocycles. The lowest BCUT2D eigenvalue weighted by Gasteiger charge is -2.19. The fourth-order valence-corrected chi connectivity index (χ4v) is 3.35. The SMILES string of the molecule is COC(=O)[C@@H]1C[C@]2(ON=C(c3c(Cl)cccc3Cl)[C@H]2C#N)C(=O)O1. The molecule has 1 aromatic rings. The van der Waals surface area contributed by atoms with Gasteiger partial charge in [-0.3, -0.25) is 0 Å². The lowest BCUT2D eigenvalue weighted by atomic mass is 9.81. The van der Waals surface area contributed by atoms with Crippen LogP contribution in [-0.4, -0.2) is 36.5 Å². The Morgan fingerprint density at radius 2 is 2.12 bits per heavy atom. The molecule has 2 heterocycles. The second-order valence-electron chi connectivity index (χ2n) is 5.24. The molecule has 0 saturated carbocycles. The molecule has 3 rings (SSSR count). The molecule has 0 unspecified atom stereocenters. The molecule has 1 fully saturated rings. The summed E-state index contributed by atoms with van der Waals surface area (Å²) >= 11 is 12.3. The number of hydrogen-bond donors (Lipinski definition) is 0. The standard InChI is InChI=1S/C15H10Cl2N2O5/c1-22-13(20)10-5-15(14(21)23-10)7(6-18)12(19-24-15)11-8(16)3-2-4-9(11)17/h2-4,7,10H,5H2,1H3/t7-,10+,15-/m1/s1. The van der Waals surface area contributed by atoms with Gasteiger partial charge in [0.15, 0.2) is 0 Å². The highest BCUT2D eigenvalue weighted by molar-refractivity contribution is 6.40. The zero-order chi connectivity index (χ0) is 17.5. The number of carbonyl (C=O) groups is 2. The fourth-order valence-electron chi connectivity index (χ4n) is 2.76. The topological polar surface area (TPSA) is 98.0 Å². The number of ether oxygens (including phenoxy) is 2. The molecule has 1 spiro atoms. The number of benzene rings is 1. The molecule has 2 aliphatic rings. The Hall–Kier alpha value is -2.30. The number of rotatable bonds is 2. The number of carbonyl (C=O) groups excluding carboxylic acids is 2. The van der Waals surface area contributed by atoms with Crippen LogP contribution in [0.4, 0.5) is 0 Å². The summed E-state index contributed by atoms with van der Waals surface area (Å²) in [6.45, 7) is 0. The number of cyclic esters (lactones) is 1. The first-order valence-corrected chi connectivity index (χ1v) is 7.59. The van der Waals surface area contributed by atoms with Gasteiger partial charge in [-0.05, 0) is 12.1 Å². The first-order chi connectivity index (χ1) is 11.4. The third-order valence-corrected chi connectivity index (χ3v) is 4.57. The van der Waals surface area contributed by atoms with Crippen molar-refractivity contribution in [2.24, 2.45) is 11.1 Å². The van der Waals surface area contributed by atoms with Crippen molar-refractivity contribution in [3.63, 3.8) is 0 Å². The molecule has 0 aromatic heterocycles. The second kappa shape index (κ2) is 5.96. The molecule has 3 atom stereocenters. The predicted octanol–water partition coefficient (Wildman–Crippen LogP) is 2.09. The van der Waals surface area contributed by atoms with Crippen molar-refractivity contribution in [3.05, 3.63) is 33.8 Å². The molecule has 9 heteroatoms. The van der Waals surface area contributed by atoms with Crippen LogP contribution in [0.25, 0.3) is 0 Å². The van der Waals surface area contributed by atoms with Gasteiger partial charge < -0.3 is 14.3 Å². The maximum absolute atomic E-state index is 12.3. The summed E-state index contributed by atoms with van der Waals surface area (Å²) in [5, 5.41) is 14.0. The Labute approximate surface area is 146 Å². The van der Waals surface area contributed by atoms with Crippen LogP contribution in [0.1, 0.15) is 12.0 Å². The zero-order valence-corrected chi connectivity index (χ0v) is 13.8. The highest BCUT2D eigenvalue weighted by atomic mass is 35.5. The molecule has 124 valence electrons. The van der Waals surface area contributed by atoms with E-state index >= 15 is 0 Å². The van der Waals surface area contributed by atoms with Crippen molar-refractivity contribution >= 4 is 40.9 Å². The third-order valence-electron chi connectivity index (χ3n) is 3.94. The van der Waals surface area contributed by atoms with Gasteiger partial charge in [0.05, 0.1) is 29.6 Å². The Morgan fingerprint density at radius 1 is 1.46 bits per heavy atom. The van der Waals surface area contributed by atoms with E-state index in [1.54, 1.807) is 18.2 Å². The molecular weight excluding hydrogens is 359 g/mol. The number of hydrogen-bond acceptors (Lipinski definition) is 7. The van der Waals surface area contributed by atoms with E-state index < -0.39 is 29.6 Å².